The lowest BCUT2D eigenvalue weighted by molar-refractivity contribution is 0.0752. The first-order valence-corrected chi connectivity index (χ1v) is 8.25. The van der Waals surface area contributed by atoms with Crippen LogP contribution in [0.25, 0.3) is 0 Å². The minimum absolute atomic E-state index is 0.0575. The van der Waals surface area contributed by atoms with E-state index in [4.69, 9.17) is 0 Å². The molecular formula is C20H24N2O2. The van der Waals surface area contributed by atoms with Crippen LogP contribution in [0.5, 0.6) is 0 Å². The van der Waals surface area contributed by atoms with E-state index in [1.807, 2.05) is 51.1 Å². The van der Waals surface area contributed by atoms with Crippen LogP contribution in [-0.4, -0.2) is 29.3 Å². The molecule has 1 N–H and O–H groups in total. The van der Waals surface area contributed by atoms with E-state index in [0.717, 1.165) is 5.56 Å². The van der Waals surface area contributed by atoms with Crippen molar-refractivity contribution in [3.05, 3.63) is 71.3 Å². The first-order valence-electron chi connectivity index (χ1n) is 8.25. The molecule has 0 spiro atoms. The molecule has 0 radical (unpaired) electrons. The Morgan fingerprint density at radius 2 is 1.67 bits per heavy atom. The Morgan fingerprint density at radius 3 is 2.29 bits per heavy atom. The predicted octanol–water partition coefficient (Wildman–Crippen LogP) is 3.49. The monoisotopic (exact) mass is 324 g/mol. The molecule has 126 valence electrons. The molecule has 0 unspecified atom stereocenters. The average Bonchev–Trinajstić information content (AvgIpc) is 2.59. The van der Waals surface area contributed by atoms with Gasteiger partial charge < -0.3 is 10.2 Å². The molecule has 2 amide bonds. The molecule has 2 rings (SSSR count). The minimum atomic E-state index is -0.161. The highest BCUT2D eigenvalue weighted by Gasteiger charge is 2.16. The van der Waals surface area contributed by atoms with Gasteiger partial charge in [0.25, 0.3) is 11.8 Å². The largest absolute Gasteiger partial charge is 0.350 e. The molecule has 2 aromatic carbocycles. The van der Waals surface area contributed by atoms with Gasteiger partial charge in [0.15, 0.2) is 0 Å². The molecule has 0 aliphatic carbocycles. The number of nitrogens with zero attached hydrogens (tertiary/aromatic N) is 1. The molecule has 0 fully saturated rings. The summed E-state index contributed by atoms with van der Waals surface area (Å²) in [7, 11) is 0. The van der Waals surface area contributed by atoms with Crippen LogP contribution in [0.1, 0.15) is 47.1 Å². The summed E-state index contributed by atoms with van der Waals surface area (Å²) in [5.74, 6) is -0.230. The normalized spacial score (nSPS) is 10.5. The molecule has 0 aliphatic rings. The van der Waals surface area contributed by atoms with Gasteiger partial charge in [0.2, 0.25) is 0 Å². The zero-order chi connectivity index (χ0) is 17.5. The zero-order valence-electron chi connectivity index (χ0n) is 14.5. The van der Waals surface area contributed by atoms with Gasteiger partial charge >= 0.3 is 0 Å². The Bertz CT molecular complexity index is 696. The third kappa shape index (κ3) is 4.69. The van der Waals surface area contributed by atoms with E-state index in [2.05, 4.69) is 5.32 Å². The maximum Gasteiger partial charge on any atom is 0.254 e. The van der Waals surface area contributed by atoms with Gasteiger partial charge in [-0.2, -0.15) is 0 Å². The average molecular weight is 324 g/mol. The van der Waals surface area contributed by atoms with Crippen LogP contribution in [0, 0.1) is 0 Å². The second kappa shape index (κ2) is 8.29. The smallest absolute Gasteiger partial charge is 0.254 e. The SMILES string of the molecule is CCN(Cc1ccccc1)C(=O)c1cccc(C(=O)NC(C)C)c1. The molecule has 0 heterocycles. The number of carbonyl (C=O) groups is 2. The predicted molar refractivity (Wildman–Crippen MR) is 95.9 cm³/mol. The Hall–Kier alpha value is -2.62. The number of hydrogen-bond acceptors (Lipinski definition) is 2. The van der Waals surface area contributed by atoms with Gasteiger partial charge in [-0.3, -0.25) is 9.59 Å². The minimum Gasteiger partial charge on any atom is -0.350 e. The fourth-order valence-electron chi connectivity index (χ4n) is 2.45. The summed E-state index contributed by atoms with van der Waals surface area (Å²) in [6.45, 7) is 6.93. The van der Waals surface area contributed by atoms with Crippen molar-refractivity contribution in [2.45, 2.75) is 33.4 Å². The lowest BCUT2D eigenvalue weighted by Gasteiger charge is -2.21. The molecule has 4 nitrogen and oxygen atoms in total. The van der Waals surface area contributed by atoms with Crippen molar-refractivity contribution in [3.63, 3.8) is 0 Å². The molecule has 0 saturated heterocycles. The third-order valence-electron chi connectivity index (χ3n) is 3.68. The van der Waals surface area contributed by atoms with Crippen molar-refractivity contribution in [2.24, 2.45) is 0 Å². The second-order valence-electron chi connectivity index (χ2n) is 6.01. The molecule has 0 aromatic heterocycles. The number of carbonyl (C=O) groups excluding carboxylic acids is 2. The van der Waals surface area contributed by atoms with Crippen LogP contribution in [0.15, 0.2) is 54.6 Å². The molecular weight excluding hydrogens is 300 g/mol. The van der Waals surface area contributed by atoms with E-state index in [0.29, 0.717) is 24.2 Å². The van der Waals surface area contributed by atoms with Gasteiger partial charge in [-0.25, -0.2) is 0 Å². The van der Waals surface area contributed by atoms with Gasteiger partial charge in [0.1, 0.15) is 0 Å². The quantitative estimate of drug-likeness (QED) is 0.884. The summed E-state index contributed by atoms with van der Waals surface area (Å²) in [6.07, 6.45) is 0. The van der Waals surface area contributed by atoms with Crippen molar-refractivity contribution in [1.82, 2.24) is 10.2 Å². The molecule has 2 aromatic rings. The number of amides is 2. The Labute approximate surface area is 143 Å². The van der Waals surface area contributed by atoms with E-state index < -0.39 is 0 Å². The number of hydrogen-bond donors (Lipinski definition) is 1. The van der Waals surface area contributed by atoms with E-state index in [1.54, 1.807) is 29.2 Å². The maximum atomic E-state index is 12.8. The fraction of sp³-hybridized carbons (Fsp3) is 0.300. The molecule has 0 bridgehead atoms. The van der Waals surface area contributed by atoms with E-state index in [1.165, 1.54) is 0 Å². The molecule has 0 atom stereocenters. The molecule has 24 heavy (non-hydrogen) atoms. The van der Waals surface area contributed by atoms with Gasteiger partial charge in [-0.1, -0.05) is 36.4 Å². The summed E-state index contributed by atoms with van der Waals surface area (Å²) < 4.78 is 0. The summed E-state index contributed by atoms with van der Waals surface area (Å²) in [5.41, 5.74) is 2.12. The lowest BCUT2D eigenvalue weighted by Crippen LogP contribution is -2.32. The third-order valence-corrected chi connectivity index (χ3v) is 3.68. The number of benzene rings is 2. The van der Waals surface area contributed by atoms with Gasteiger partial charge in [0.05, 0.1) is 0 Å². The van der Waals surface area contributed by atoms with Crippen LogP contribution in [0.4, 0.5) is 0 Å². The topological polar surface area (TPSA) is 49.4 Å². The first kappa shape index (κ1) is 17.7. The highest BCUT2D eigenvalue weighted by atomic mass is 16.2. The van der Waals surface area contributed by atoms with E-state index >= 15 is 0 Å². The highest BCUT2D eigenvalue weighted by Crippen LogP contribution is 2.12. The van der Waals surface area contributed by atoms with Crippen molar-refractivity contribution in [2.75, 3.05) is 6.54 Å². The van der Waals surface area contributed by atoms with E-state index in [9.17, 15) is 9.59 Å². The van der Waals surface area contributed by atoms with Gasteiger partial charge in [-0.15, -0.1) is 0 Å². The van der Waals surface area contributed by atoms with Gasteiger partial charge in [0, 0.05) is 30.3 Å². The van der Waals surface area contributed by atoms with Crippen LogP contribution in [0.3, 0.4) is 0 Å². The van der Waals surface area contributed by atoms with Crippen molar-refractivity contribution < 1.29 is 9.59 Å². The van der Waals surface area contributed by atoms with Crippen molar-refractivity contribution in [1.29, 1.82) is 0 Å². The lowest BCUT2D eigenvalue weighted by atomic mass is 10.1. The summed E-state index contributed by atoms with van der Waals surface area (Å²) in [5, 5.41) is 2.84. The van der Waals surface area contributed by atoms with Crippen LogP contribution >= 0.6 is 0 Å². The first-order chi connectivity index (χ1) is 11.5. The molecule has 0 aliphatic heterocycles. The number of rotatable bonds is 6. The van der Waals surface area contributed by atoms with Crippen molar-refractivity contribution >= 4 is 11.8 Å². The summed E-state index contributed by atoms with van der Waals surface area (Å²) >= 11 is 0. The highest BCUT2D eigenvalue weighted by molar-refractivity contribution is 5.99. The summed E-state index contributed by atoms with van der Waals surface area (Å²) in [6, 6.07) is 16.8. The Balaban J connectivity index is 2.17. The Kier molecular flexibility index (Phi) is 6.13. The van der Waals surface area contributed by atoms with Crippen molar-refractivity contribution in [3.8, 4) is 0 Å². The molecule has 4 heteroatoms. The van der Waals surface area contributed by atoms with Crippen LogP contribution in [0.2, 0.25) is 0 Å². The molecule has 0 saturated carbocycles. The zero-order valence-corrected chi connectivity index (χ0v) is 14.5. The maximum absolute atomic E-state index is 12.8. The number of nitrogens with one attached hydrogen (secondary N) is 1. The fourth-order valence-corrected chi connectivity index (χ4v) is 2.45. The van der Waals surface area contributed by atoms with Gasteiger partial charge in [-0.05, 0) is 44.5 Å². The van der Waals surface area contributed by atoms with Crippen LogP contribution < -0.4 is 5.32 Å². The van der Waals surface area contributed by atoms with Crippen LogP contribution in [-0.2, 0) is 6.54 Å². The van der Waals surface area contributed by atoms with E-state index in [-0.39, 0.29) is 17.9 Å². The standard InChI is InChI=1S/C20H24N2O2/c1-4-22(14-16-9-6-5-7-10-16)20(24)18-12-8-11-17(13-18)19(23)21-15(2)3/h5-13,15H,4,14H2,1-3H3,(H,21,23). The second-order valence-corrected chi connectivity index (χ2v) is 6.01. The summed E-state index contributed by atoms with van der Waals surface area (Å²) in [4.78, 5) is 26.7. The Morgan fingerprint density at radius 1 is 1.00 bits per heavy atom.